The Kier molecular flexibility index (Phi) is 5.56. The van der Waals surface area contributed by atoms with Crippen LogP contribution >= 0.6 is 0 Å². The van der Waals surface area contributed by atoms with Crippen LogP contribution in [0, 0.1) is 5.82 Å². The van der Waals surface area contributed by atoms with E-state index in [9.17, 15) is 9.50 Å². The fourth-order valence-corrected chi connectivity index (χ4v) is 1.90. The van der Waals surface area contributed by atoms with Gasteiger partial charge in [-0.05, 0) is 44.2 Å². The Bertz CT molecular complexity index is 355. The Labute approximate surface area is 109 Å². The number of hydrogen-bond donors (Lipinski definition) is 2. The first-order chi connectivity index (χ1) is 8.50. The lowest BCUT2D eigenvalue weighted by atomic mass is 10.0. The number of aliphatic hydroxyl groups excluding tert-OH is 1. The van der Waals surface area contributed by atoms with Gasteiger partial charge in [-0.25, -0.2) is 4.39 Å². The van der Waals surface area contributed by atoms with Crippen LogP contribution in [-0.2, 0) is 0 Å². The molecule has 102 valence electrons. The summed E-state index contributed by atoms with van der Waals surface area (Å²) in [6.07, 6.45) is 1.02. The SMILES string of the molecule is CCCNC(C)(CO)CN(C)c1ccc(F)cc1. The minimum Gasteiger partial charge on any atom is -0.394 e. The molecule has 0 heterocycles. The Hall–Kier alpha value is -1.13. The summed E-state index contributed by atoms with van der Waals surface area (Å²) in [5, 5.41) is 12.8. The lowest BCUT2D eigenvalue weighted by Gasteiger charge is -2.34. The minimum atomic E-state index is -0.348. The maximum atomic E-state index is 12.8. The molecule has 1 aromatic carbocycles. The van der Waals surface area contributed by atoms with Crippen LogP contribution in [0.5, 0.6) is 0 Å². The molecule has 0 saturated carbocycles. The highest BCUT2D eigenvalue weighted by Crippen LogP contribution is 2.16. The van der Waals surface area contributed by atoms with E-state index >= 15 is 0 Å². The molecule has 2 N–H and O–H groups in total. The van der Waals surface area contributed by atoms with Crippen molar-refractivity contribution in [2.45, 2.75) is 25.8 Å². The lowest BCUT2D eigenvalue weighted by Crippen LogP contribution is -2.53. The van der Waals surface area contributed by atoms with Gasteiger partial charge >= 0.3 is 0 Å². The van der Waals surface area contributed by atoms with E-state index in [1.807, 2.05) is 18.9 Å². The van der Waals surface area contributed by atoms with Gasteiger partial charge in [-0.3, -0.25) is 0 Å². The summed E-state index contributed by atoms with van der Waals surface area (Å²) in [5.41, 5.74) is 0.591. The van der Waals surface area contributed by atoms with E-state index in [4.69, 9.17) is 0 Å². The number of nitrogens with zero attached hydrogens (tertiary/aromatic N) is 1. The Morgan fingerprint density at radius 2 is 1.94 bits per heavy atom. The fourth-order valence-electron chi connectivity index (χ4n) is 1.90. The second kappa shape index (κ2) is 6.71. The third-order valence-electron chi connectivity index (χ3n) is 3.00. The first-order valence-electron chi connectivity index (χ1n) is 6.33. The number of anilines is 1. The summed E-state index contributed by atoms with van der Waals surface area (Å²) < 4.78 is 12.8. The molecule has 18 heavy (non-hydrogen) atoms. The van der Waals surface area contributed by atoms with E-state index in [1.54, 1.807) is 12.1 Å². The first kappa shape index (κ1) is 14.9. The van der Waals surface area contributed by atoms with Crippen molar-refractivity contribution in [3.05, 3.63) is 30.1 Å². The molecule has 1 unspecified atom stereocenters. The predicted molar refractivity (Wildman–Crippen MR) is 73.5 cm³/mol. The molecule has 0 spiro atoms. The molecule has 0 bridgehead atoms. The second-order valence-corrected chi connectivity index (χ2v) is 4.98. The zero-order valence-electron chi connectivity index (χ0n) is 11.4. The molecule has 0 aliphatic heterocycles. The van der Waals surface area contributed by atoms with Crippen LogP contribution in [0.1, 0.15) is 20.3 Å². The highest BCUT2D eigenvalue weighted by molar-refractivity contribution is 5.45. The molecule has 0 aromatic heterocycles. The zero-order chi connectivity index (χ0) is 13.6. The molecule has 0 radical (unpaired) electrons. The van der Waals surface area contributed by atoms with E-state index in [0.29, 0.717) is 6.54 Å². The van der Waals surface area contributed by atoms with Gasteiger partial charge < -0.3 is 15.3 Å². The second-order valence-electron chi connectivity index (χ2n) is 4.98. The Balaban J connectivity index is 2.66. The first-order valence-corrected chi connectivity index (χ1v) is 6.33. The maximum absolute atomic E-state index is 12.8. The number of likely N-dealkylation sites (N-methyl/N-ethyl adjacent to an activating group) is 1. The number of hydrogen-bond acceptors (Lipinski definition) is 3. The van der Waals surface area contributed by atoms with Crippen molar-refractivity contribution < 1.29 is 9.50 Å². The molecular formula is C14H23FN2O. The molecule has 0 aliphatic carbocycles. The number of benzene rings is 1. The monoisotopic (exact) mass is 254 g/mol. The van der Waals surface area contributed by atoms with Crippen molar-refractivity contribution in [3.63, 3.8) is 0 Å². The number of nitrogens with one attached hydrogen (secondary N) is 1. The molecule has 1 aromatic rings. The van der Waals surface area contributed by atoms with E-state index in [1.165, 1.54) is 12.1 Å². The summed E-state index contributed by atoms with van der Waals surface area (Å²) in [6.45, 7) is 5.68. The van der Waals surface area contributed by atoms with Gasteiger partial charge in [-0.15, -0.1) is 0 Å². The summed E-state index contributed by atoms with van der Waals surface area (Å²) in [5.74, 6) is -0.235. The highest BCUT2D eigenvalue weighted by atomic mass is 19.1. The van der Waals surface area contributed by atoms with E-state index < -0.39 is 0 Å². The van der Waals surface area contributed by atoms with Gasteiger partial charge in [0.25, 0.3) is 0 Å². The molecule has 0 amide bonds. The van der Waals surface area contributed by atoms with Crippen molar-refractivity contribution in [1.29, 1.82) is 0 Å². The van der Waals surface area contributed by atoms with E-state index in [-0.39, 0.29) is 18.0 Å². The molecular weight excluding hydrogens is 231 g/mol. The quantitative estimate of drug-likeness (QED) is 0.781. The molecule has 1 atom stereocenters. The topological polar surface area (TPSA) is 35.5 Å². The normalized spacial score (nSPS) is 14.3. The van der Waals surface area contributed by atoms with Gasteiger partial charge in [-0.1, -0.05) is 6.92 Å². The highest BCUT2D eigenvalue weighted by Gasteiger charge is 2.24. The largest absolute Gasteiger partial charge is 0.394 e. The predicted octanol–water partition coefficient (Wildman–Crippen LogP) is 2.01. The van der Waals surface area contributed by atoms with Crippen LogP contribution in [0.15, 0.2) is 24.3 Å². The van der Waals surface area contributed by atoms with Crippen molar-refractivity contribution in [2.75, 3.05) is 31.6 Å². The van der Waals surface area contributed by atoms with Gasteiger partial charge in [0.05, 0.1) is 12.1 Å². The van der Waals surface area contributed by atoms with Crippen molar-refractivity contribution in [3.8, 4) is 0 Å². The fraction of sp³-hybridized carbons (Fsp3) is 0.571. The Morgan fingerprint density at radius 1 is 1.33 bits per heavy atom. The van der Waals surface area contributed by atoms with Crippen molar-refractivity contribution in [1.82, 2.24) is 5.32 Å². The van der Waals surface area contributed by atoms with Crippen LogP contribution in [0.4, 0.5) is 10.1 Å². The van der Waals surface area contributed by atoms with Gasteiger partial charge in [0.1, 0.15) is 5.82 Å². The van der Waals surface area contributed by atoms with Crippen LogP contribution in [0.25, 0.3) is 0 Å². The van der Waals surface area contributed by atoms with Gasteiger partial charge in [0, 0.05) is 19.3 Å². The summed E-state index contributed by atoms with van der Waals surface area (Å²) in [6, 6.07) is 6.38. The molecule has 0 saturated heterocycles. The van der Waals surface area contributed by atoms with Crippen LogP contribution in [0.2, 0.25) is 0 Å². The minimum absolute atomic E-state index is 0.0680. The summed E-state index contributed by atoms with van der Waals surface area (Å²) in [4.78, 5) is 2.01. The van der Waals surface area contributed by atoms with Gasteiger partial charge in [-0.2, -0.15) is 0 Å². The van der Waals surface area contributed by atoms with Crippen LogP contribution in [-0.4, -0.2) is 37.4 Å². The summed E-state index contributed by atoms with van der Waals surface area (Å²) >= 11 is 0. The number of rotatable bonds is 7. The molecule has 1 rings (SSSR count). The van der Waals surface area contributed by atoms with Crippen molar-refractivity contribution in [2.24, 2.45) is 0 Å². The molecule has 4 heteroatoms. The van der Waals surface area contributed by atoms with E-state index in [2.05, 4.69) is 12.2 Å². The van der Waals surface area contributed by atoms with Gasteiger partial charge in [0.2, 0.25) is 0 Å². The third-order valence-corrected chi connectivity index (χ3v) is 3.00. The smallest absolute Gasteiger partial charge is 0.123 e. The number of aliphatic hydroxyl groups is 1. The number of halogens is 1. The van der Waals surface area contributed by atoms with E-state index in [0.717, 1.165) is 18.7 Å². The maximum Gasteiger partial charge on any atom is 0.123 e. The Morgan fingerprint density at radius 3 is 2.44 bits per heavy atom. The standard InChI is InChI=1S/C14H23FN2O/c1-4-9-16-14(2,11-18)10-17(3)13-7-5-12(15)6-8-13/h5-8,16,18H,4,9-11H2,1-3H3. The molecule has 3 nitrogen and oxygen atoms in total. The lowest BCUT2D eigenvalue weighted by molar-refractivity contribution is 0.179. The van der Waals surface area contributed by atoms with Crippen molar-refractivity contribution >= 4 is 5.69 Å². The van der Waals surface area contributed by atoms with Crippen LogP contribution < -0.4 is 10.2 Å². The van der Waals surface area contributed by atoms with Crippen LogP contribution in [0.3, 0.4) is 0 Å². The third kappa shape index (κ3) is 4.27. The zero-order valence-corrected chi connectivity index (χ0v) is 11.4. The average molecular weight is 254 g/mol. The molecule has 0 aliphatic rings. The molecule has 0 fully saturated rings. The summed E-state index contributed by atoms with van der Waals surface area (Å²) in [7, 11) is 1.94. The average Bonchev–Trinajstić information content (AvgIpc) is 2.37. The van der Waals surface area contributed by atoms with Gasteiger partial charge in [0.15, 0.2) is 0 Å².